The Hall–Kier alpha value is -0.590. The molecule has 0 heterocycles. The van der Waals surface area contributed by atoms with Gasteiger partial charge in [0.05, 0.1) is 0 Å². The van der Waals surface area contributed by atoms with Gasteiger partial charge in [0.25, 0.3) is 0 Å². The quantitative estimate of drug-likeness (QED) is 0.332. The molecule has 0 fully saturated rings. The molecule has 0 saturated carbocycles. The largest absolute Gasteiger partial charge is 0.313 e. The van der Waals surface area contributed by atoms with E-state index in [2.05, 4.69) is 19.1 Å². The lowest BCUT2D eigenvalue weighted by atomic mass is 10.2. The smallest absolute Gasteiger partial charge is 0.00447 e. The summed E-state index contributed by atoms with van der Waals surface area (Å²) in [4.78, 5) is 0. The van der Waals surface area contributed by atoms with Gasteiger partial charge in [-0.1, -0.05) is 25.5 Å². The first kappa shape index (κ1) is 8.41. The van der Waals surface area contributed by atoms with Crippen LogP contribution < -0.4 is 0 Å². The fourth-order valence-corrected chi connectivity index (χ4v) is 0.582. The second kappa shape index (κ2) is 7.41. The monoisotopic (exact) mass is 125 g/mol. The lowest BCUT2D eigenvalue weighted by Crippen LogP contribution is -1.69. The van der Waals surface area contributed by atoms with Crippen molar-refractivity contribution >= 4 is 6.21 Å². The van der Waals surface area contributed by atoms with Gasteiger partial charge in [0.15, 0.2) is 0 Å². The van der Waals surface area contributed by atoms with Gasteiger partial charge in [-0.2, -0.15) is 0 Å². The van der Waals surface area contributed by atoms with Crippen LogP contribution in [0.15, 0.2) is 12.2 Å². The van der Waals surface area contributed by atoms with Gasteiger partial charge in [-0.15, -0.1) is 0 Å². The van der Waals surface area contributed by atoms with Gasteiger partial charge >= 0.3 is 0 Å². The standard InChI is InChI=1S/C8H15N/c1-2-3-4-5-6-7-8-9/h4-5,8-9H,2-3,6-7H2,1H3/b5-4-,9-8?. The highest BCUT2D eigenvalue weighted by Crippen LogP contribution is 1.92. The first-order valence-electron chi connectivity index (χ1n) is 3.55. The molecule has 0 atom stereocenters. The fourth-order valence-electron chi connectivity index (χ4n) is 0.582. The molecule has 0 aliphatic carbocycles. The Labute approximate surface area is 57.3 Å². The van der Waals surface area contributed by atoms with Gasteiger partial charge in [-0.3, -0.25) is 0 Å². The predicted octanol–water partition coefficient (Wildman–Crippen LogP) is 2.77. The van der Waals surface area contributed by atoms with Gasteiger partial charge in [0, 0.05) is 0 Å². The van der Waals surface area contributed by atoms with Crippen molar-refractivity contribution < 1.29 is 0 Å². The van der Waals surface area contributed by atoms with E-state index in [9.17, 15) is 0 Å². The normalized spacial score (nSPS) is 10.3. The lowest BCUT2D eigenvalue weighted by Gasteiger charge is -1.84. The average Bonchev–Trinajstić information content (AvgIpc) is 1.89. The Kier molecular flexibility index (Phi) is 6.92. The molecular formula is C8H15N. The zero-order valence-corrected chi connectivity index (χ0v) is 6.06. The maximum Gasteiger partial charge on any atom is -0.00447 e. The van der Waals surface area contributed by atoms with E-state index in [0.717, 1.165) is 12.8 Å². The zero-order chi connectivity index (χ0) is 6.95. The molecule has 1 heteroatoms. The summed E-state index contributed by atoms with van der Waals surface area (Å²) < 4.78 is 0. The van der Waals surface area contributed by atoms with E-state index in [0.29, 0.717) is 0 Å². The van der Waals surface area contributed by atoms with Gasteiger partial charge in [-0.05, 0) is 25.5 Å². The van der Waals surface area contributed by atoms with Gasteiger partial charge in [0.2, 0.25) is 0 Å². The minimum atomic E-state index is 0.889. The van der Waals surface area contributed by atoms with Crippen LogP contribution >= 0.6 is 0 Å². The molecule has 52 valence electrons. The van der Waals surface area contributed by atoms with E-state index in [1.54, 1.807) is 0 Å². The maximum atomic E-state index is 6.72. The molecule has 0 radical (unpaired) electrons. The molecule has 1 N–H and O–H groups in total. The molecule has 0 aromatic heterocycles. The number of unbranched alkanes of at least 4 members (excludes halogenated alkanes) is 2. The van der Waals surface area contributed by atoms with Crippen molar-refractivity contribution in [1.29, 1.82) is 5.41 Å². The van der Waals surface area contributed by atoms with Crippen LogP contribution in [0.5, 0.6) is 0 Å². The molecule has 0 aliphatic heterocycles. The molecule has 0 amide bonds. The molecule has 0 rings (SSSR count). The molecule has 1 nitrogen and oxygen atoms in total. The molecule has 0 aliphatic rings. The summed E-state index contributed by atoms with van der Waals surface area (Å²) >= 11 is 0. The average molecular weight is 125 g/mol. The van der Waals surface area contributed by atoms with Crippen LogP contribution in [0.25, 0.3) is 0 Å². The highest BCUT2D eigenvalue weighted by Gasteiger charge is 1.74. The predicted molar refractivity (Wildman–Crippen MR) is 42.1 cm³/mol. The van der Waals surface area contributed by atoms with Crippen molar-refractivity contribution in [3.8, 4) is 0 Å². The van der Waals surface area contributed by atoms with Crippen molar-refractivity contribution in [3.63, 3.8) is 0 Å². The second-order valence-electron chi connectivity index (χ2n) is 2.04. The van der Waals surface area contributed by atoms with Crippen LogP contribution in [0.1, 0.15) is 32.6 Å². The second-order valence-corrected chi connectivity index (χ2v) is 2.04. The Morgan fingerprint density at radius 1 is 1.11 bits per heavy atom. The SMILES string of the molecule is CCC/C=C\CCC=N. The topological polar surface area (TPSA) is 23.9 Å². The van der Waals surface area contributed by atoms with E-state index in [1.165, 1.54) is 19.1 Å². The minimum Gasteiger partial charge on any atom is -0.313 e. The molecule has 9 heavy (non-hydrogen) atoms. The third-order valence-corrected chi connectivity index (χ3v) is 1.10. The molecule has 0 saturated heterocycles. The van der Waals surface area contributed by atoms with Crippen LogP contribution in [0.3, 0.4) is 0 Å². The third kappa shape index (κ3) is 7.41. The first-order chi connectivity index (χ1) is 4.41. The first-order valence-corrected chi connectivity index (χ1v) is 3.55. The van der Waals surface area contributed by atoms with E-state index in [1.807, 2.05) is 0 Å². The number of nitrogens with one attached hydrogen (secondary N) is 1. The zero-order valence-electron chi connectivity index (χ0n) is 6.06. The molecule has 0 unspecified atom stereocenters. The van der Waals surface area contributed by atoms with Gasteiger partial charge < -0.3 is 5.41 Å². The van der Waals surface area contributed by atoms with Crippen LogP contribution in [0.2, 0.25) is 0 Å². The summed E-state index contributed by atoms with van der Waals surface area (Å²) in [6.07, 6.45) is 10.1. The summed E-state index contributed by atoms with van der Waals surface area (Å²) in [6, 6.07) is 0. The van der Waals surface area contributed by atoms with Crippen molar-refractivity contribution in [3.05, 3.63) is 12.2 Å². The molecule has 0 aromatic rings. The number of rotatable bonds is 5. The van der Waals surface area contributed by atoms with E-state index < -0.39 is 0 Å². The molecular weight excluding hydrogens is 110 g/mol. The van der Waals surface area contributed by atoms with E-state index in [4.69, 9.17) is 5.41 Å². The van der Waals surface area contributed by atoms with Crippen LogP contribution in [0.4, 0.5) is 0 Å². The fraction of sp³-hybridized carbons (Fsp3) is 0.625. The highest BCUT2D eigenvalue weighted by atomic mass is 14.3. The van der Waals surface area contributed by atoms with Gasteiger partial charge in [-0.25, -0.2) is 0 Å². The molecule has 0 spiro atoms. The molecule has 0 aromatic carbocycles. The van der Waals surface area contributed by atoms with Crippen LogP contribution in [-0.4, -0.2) is 6.21 Å². The minimum absolute atomic E-state index is 0.889. The number of hydrogen-bond donors (Lipinski definition) is 1. The summed E-state index contributed by atoms with van der Waals surface area (Å²) in [5.41, 5.74) is 0. The van der Waals surface area contributed by atoms with Crippen LogP contribution in [-0.2, 0) is 0 Å². The van der Waals surface area contributed by atoms with Crippen molar-refractivity contribution in [2.75, 3.05) is 0 Å². The Balaban J connectivity index is 2.94. The summed E-state index contributed by atoms with van der Waals surface area (Å²) in [5, 5.41) is 6.72. The highest BCUT2D eigenvalue weighted by molar-refractivity contribution is 5.52. The Morgan fingerprint density at radius 3 is 2.33 bits per heavy atom. The number of hydrogen-bond acceptors (Lipinski definition) is 1. The third-order valence-electron chi connectivity index (χ3n) is 1.10. The summed E-state index contributed by atoms with van der Waals surface area (Å²) in [7, 11) is 0. The maximum absolute atomic E-state index is 6.72. The Bertz CT molecular complexity index is 84.6. The number of allylic oxidation sites excluding steroid dienone is 2. The summed E-state index contributed by atoms with van der Waals surface area (Å²) in [5.74, 6) is 0. The Morgan fingerprint density at radius 2 is 1.78 bits per heavy atom. The lowest BCUT2D eigenvalue weighted by molar-refractivity contribution is 0.948. The van der Waals surface area contributed by atoms with Crippen molar-refractivity contribution in [2.24, 2.45) is 0 Å². The van der Waals surface area contributed by atoms with E-state index in [-0.39, 0.29) is 0 Å². The van der Waals surface area contributed by atoms with Crippen LogP contribution in [0, 0.1) is 5.41 Å². The van der Waals surface area contributed by atoms with Crippen molar-refractivity contribution in [1.82, 2.24) is 0 Å². The van der Waals surface area contributed by atoms with E-state index >= 15 is 0 Å². The molecule has 0 bridgehead atoms. The van der Waals surface area contributed by atoms with Crippen molar-refractivity contribution in [2.45, 2.75) is 32.6 Å². The summed E-state index contributed by atoms with van der Waals surface area (Å²) in [6.45, 7) is 2.17. The van der Waals surface area contributed by atoms with Gasteiger partial charge in [0.1, 0.15) is 0 Å².